The molecule has 2 rings (SSSR count). The number of nitrogens with zero attached hydrogens (tertiary/aromatic N) is 2. The minimum absolute atomic E-state index is 0.0963. The third-order valence-electron chi connectivity index (χ3n) is 2.45. The first kappa shape index (κ1) is 12.0. The summed E-state index contributed by atoms with van der Waals surface area (Å²) in [5.41, 5.74) is 0.648. The molecule has 2 N–H and O–H groups in total. The van der Waals surface area contributed by atoms with Gasteiger partial charge in [-0.05, 0) is 24.6 Å². The number of hydrogen-bond acceptors (Lipinski definition) is 4. The number of carboxylic acids is 2. The Kier molecular flexibility index (Phi) is 3.18. The molecule has 92 valence electrons. The van der Waals surface area contributed by atoms with Crippen molar-refractivity contribution in [3.05, 3.63) is 41.7 Å². The fourth-order valence-electron chi connectivity index (χ4n) is 1.58. The molecule has 0 fully saturated rings. The molecule has 0 aromatic carbocycles. The van der Waals surface area contributed by atoms with Gasteiger partial charge in [0.15, 0.2) is 6.04 Å². The van der Waals surface area contributed by atoms with Crippen LogP contribution in [-0.2, 0) is 4.79 Å². The highest BCUT2D eigenvalue weighted by Gasteiger charge is 2.19. The second kappa shape index (κ2) is 4.79. The topological polar surface area (TPSA) is 99.8 Å². The standard InChI is InChI=1S/C12H10N2O4/c15-11(16)9-5-1-3-7(13-9)8-4-2-6-10(14-8)12(17)18/h1-5,10H,6H2,(H,15,16)(H,17,18). The fraction of sp³-hybridized carbons (Fsp3) is 0.167. The van der Waals surface area contributed by atoms with Gasteiger partial charge in [-0.2, -0.15) is 0 Å². The number of rotatable bonds is 3. The van der Waals surface area contributed by atoms with E-state index in [1.807, 2.05) is 0 Å². The monoisotopic (exact) mass is 246 g/mol. The SMILES string of the molecule is O=C(O)c1cccc(C2=NC(C(=O)O)CC=C2)n1. The molecular weight excluding hydrogens is 236 g/mol. The first-order chi connectivity index (χ1) is 8.58. The van der Waals surface area contributed by atoms with E-state index in [9.17, 15) is 9.59 Å². The van der Waals surface area contributed by atoms with Crippen LogP contribution in [0.2, 0.25) is 0 Å². The van der Waals surface area contributed by atoms with Crippen LogP contribution in [0.1, 0.15) is 22.6 Å². The maximum Gasteiger partial charge on any atom is 0.354 e. The van der Waals surface area contributed by atoms with Crippen LogP contribution < -0.4 is 0 Å². The van der Waals surface area contributed by atoms with Gasteiger partial charge in [0, 0.05) is 0 Å². The zero-order valence-electron chi connectivity index (χ0n) is 9.28. The van der Waals surface area contributed by atoms with E-state index in [1.54, 1.807) is 24.3 Å². The lowest BCUT2D eigenvalue weighted by atomic mass is 10.1. The molecular formula is C12H10N2O4. The number of allylic oxidation sites excluding steroid dienone is 1. The number of hydrogen-bond donors (Lipinski definition) is 2. The Bertz CT molecular complexity index is 563. The third kappa shape index (κ3) is 2.42. The highest BCUT2D eigenvalue weighted by atomic mass is 16.4. The number of dihydropyridines is 1. The van der Waals surface area contributed by atoms with Crippen molar-refractivity contribution in [2.45, 2.75) is 12.5 Å². The lowest BCUT2D eigenvalue weighted by molar-refractivity contribution is -0.138. The average molecular weight is 246 g/mol. The van der Waals surface area contributed by atoms with Crippen molar-refractivity contribution in [1.29, 1.82) is 0 Å². The van der Waals surface area contributed by atoms with E-state index in [0.29, 0.717) is 17.8 Å². The molecule has 1 aliphatic heterocycles. The Labute approximate surface area is 102 Å². The Hall–Kier alpha value is -2.50. The van der Waals surface area contributed by atoms with Gasteiger partial charge in [-0.25, -0.2) is 14.6 Å². The summed E-state index contributed by atoms with van der Waals surface area (Å²) in [7, 11) is 0. The first-order valence-electron chi connectivity index (χ1n) is 5.26. The minimum atomic E-state index is -1.13. The molecule has 0 bridgehead atoms. The summed E-state index contributed by atoms with van der Waals surface area (Å²) in [6.07, 6.45) is 3.67. The van der Waals surface area contributed by atoms with Crippen LogP contribution >= 0.6 is 0 Å². The van der Waals surface area contributed by atoms with E-state index < -0.39 is 18.0 Å². The lowest BCUT2D eigenvalue weighted by Gasteiger charge is -2.12. The summed E-state index contributed by atoms with van der Waals surface area (Å²) in [5.74, 6) is -2.14. The van der Waals surface area contributed by atoms with Crippen molar-refractivity contribution < 1.29 is 19.8 Å². The van der Waals surface area contributed by atoms with Gasteiger partial charge in [0.2, 0.25) is 0 Å². The second-order valence-electron chi connectivity index (χ2n) is 3.72. The number of pyridine rings is 1. The van der Waals surface area contributed by atoms with Crippen molar-refractivity contribution >= 4 is 17.7 Å². The molecule has 2 heterocycles. The molecule has 6 nitrogen and oxygen atoms in total. The average Bonchev–Trinajstić information content (AvgIpc) is 2.39. The van der Waals surface area contributed by atoms with Crippen molar-refractivity contribution in [2.24, 2.45) is 4.99 Å². The summed E-state index contributed by atoms with van der Waals surface area (Å²) in [4.78, 5) is 29.6. The summed E-state index contributed by atoms with van der Waals surface area (Å²) in [6.45, 7) is 0. The molecule has 0 radical (unpaired) electrons. The highest BCUT2D eigenvalue weighted by Crippen LogP contribution is 2.12. The normalized spacial score (nSPS) is 18.2. The van der Waals surface area contributed by atoms with Gasteiger partial charge in [0.25, 0.3) is 0 Å². The third-order valence-corrected chi connectivity index (χ3v) is 2.45. The number of carboxylic acid groups (broad SMARTS) is 2. The number of aliphatic carboxylic acids is 1. The predicted molar refractivity (Wildman–Crippen MR) is 62.9 cm³/mol. The van der Waals surface area contributed by atoms with Crippen molar-refractivity contribution in [1.82, 2.24) is 4.98 Å². The molecule has 6 heteroatoms. The number of aliphatic imine (C=N–C) groups is 1. The van der Waals surface area contributed by atoms with Crippen LogP contribution in [0.3, 0.4) is 0 Å². The Morgan fingerprint density at radius 1 is 1.28 bits per heavy atom. The minimum Gasteiger partial charge on any atom is -0.480 e. The van der Waals surface area contributed by atoms with E-state index in [1.165, 1.54) is 6.07 Å². The van der Waals surface area contributed by atoms with Gasteiger partial charge < -0.3 is 10.2 Å². The molecule has 0 spiro atoms. The number of carbonyl (C=O) groups is 2. The molecule has 0 amide bonds. The van der Waals surface area contributed by atoms with Gasteiger partial charge in [-0.1, -0.05) is 12.1 Å². The lowest BCUT2D eigenvalue weighted by Crippen LogP contribution is -2.22. The highest BCUT2D eigenvalue weighted by molar-refractivity contribution is 6.09. The van der Waals surface area contributed by atoms with Gasteiger partial charge in [-0.15, -0.1) is 0 Å². The van der Waals surface area contributed by atoms with E-state index in [-0.39, 0.29) is 5.69 Å². The van der Waals surface area contributed by atoms with E-state index in [4.69, 9.17) is 10.2 Å². The van der Waals surface area contributed by atoms with Crippen molar-refractivity contribution in [3.8, 4) is 0 Å². The van der Waals surface area contributed by atoms with Gasteiger partial charge in [0.1, 0.15) is 5.69 Å². The van der Waals surface area contributed by atoms with E-state index in [2.05, 4.69) is 9.98 Å². The fourth-order valence-corrected chi connectivity index (χ4v) is 1.58. The Morgan fingerprint density at radius 3 is 2.72 bits per heavy atom. The number of aromatic nitrogens is 1. The maximum atomic E-state index is 10.9. The molecule has 1 atom stereocenters. The molecule has 1 unspecified atom stereocenters. The predicted octanol–water partition coefficient (Wildman–Crippen LogP) is 0.982. The zero-order valence-corrected chi connectivity index (χ0v) is 9.28. The van der Waals surface area contributed by atoms with E-state index in [0.717, 1.165) is 0 Å². The quantitative estimate of drug-likeness (QED) is 0.828. The van der Waals surface area contributed by atoms with Gasteiger partial charge in [0.05, 0.1) is 11.4 Å². The molecule has 0 saturated carbocycles. The number of aromatic carboxylic acids is 1. The van der Waals surface area contributed by atoms with Crippen LogP contribution in [0.25, 0.3) is 0 Å². The maximum absolute atomic E-state index is 10.9. The van der Waals surface area contributed by atoms with Crippen molar-refractivity contribution in [3.63, 3.8) is 0 Å². The summed E-state index contributed by atoms with van der Waals surface area (Å²) >= 11 is 0. The molecule has 0 saturated heterocycles. The van der Waals surface area contributed by atoms with Crippen LogP contribution in [-0.4, -0.2) is 38.9 Å². The molecule has 18 heavy (non-hydrogen) atoms. The molecule has 1 aliphatic rings. The van der Waals surface area contributed by atoms with Gasteiger partial charge in [-0.3, -0.25) is 4.99 Å². The molecule has 1 aromatic rings. The second-order valence-corrected chi connectivity index (χ2v) is 3.72. The van der Waals surface area contributed by atoms with Crippen LogP contribution in [0, 0.1) is 0 Å². The van der Waals surface area contributed by atoms with Crippen LogP contribution in [0.15, 0.2) is 35.3 Å². The smallest absolute Gasteiger partial charge is 0.354 e. The van der Waals surface area contributed by atoms with Crippen LogP contribution in [0.4, 0.5) is 0 Å². The van der Waals surface area contributed by atoms with E-state index >= 15 is 0 Å². The Balaban J connectivity index is 2.36. The summed E-state index contributed by atoms with van der Waals surface area (Å²) in [5, 5.41) is 17.7. The molecule has 0 aliphatic carbocycles. The summed E-state index contributed by atoms with van der Waals surface area (Å²) < 4.78 is 0. The Morgan fingerprint density at radius 2 is 2.06 bits per heavy atom. The zero-order chi connectivity index (χ0) is 13.1. The largest absolute Gasteiger partial charge is 0.480 e. The van der Waals surface area contributed by atoms with Gasteiger partial charge >= 0.3 is 11.9 Å². The first-order valence-corrected chi connectivity index (χ1v) is 5.26. The van der Waals surface area contributed by atoms with Crippen LogP contribution in [0.5, 0.6) is 0 Å². The van der Waals surface area contributed by atoms with Crippen molar-refractivity contribution in [2.75, 3.05) is 0 Å². The molecule has 1 aromatic heterocycles. The summed E-state index contributed by atoms with van der Waals surface area (Å²) in [6, 6.07) is 3.68.